The molecule has 0 radical (unpaired) electrons. The van der Waals surface area contributed by atoms with Crippen molar-refractivity contribution in [2.75, 3.05) is 51.3 Å². The number of rotatable bonds is 6. The molecule has 0 aliphatic carbocycles. The Morgan fingerprint density at radius 3 is 2.53 bits per heavy atom. The highest BCUT2D eigenvalue weighted by Gasteiger charge is 2.29. The van der Waals surface area contributed by atoms with Gasteiger partial charge in [0.25, 0.3) is 0 Å². The second-order valence-corrected chi connectivity index (χ2v) is 8.86. The molecule has 2 aliphatic heterocycles. The van der Waals surface area contributed by atoms with E-state index >= 15 is 0 Å². The molecule has 2 saturated heterocycles. The molecule has 32 heavy (non-hydrogen) atoms. The molecule has 3 heterocycles. The minimum atomic E-state index is 0.638. The second kappa shape index (κ2) is 9.80. The number of methoxy groups -OCH3 is 1. The fraction of sp³-hybridized carbons (Fsp3) is 0.407. The molecule has 5 rings (SSSR count). The van der Waals surface area contributed by atoms with Crippen molar-refractivity contribution >= 4 is 5.69 Å². The summed E-state index contributed by atoms with van der Waals surface area (Å²) in [4.78, 5) is 7.80. The summed E-state index contributed by atoms with van der Waals surface area (Å²) < 4.78 is 11.3. The maximum atomic E-state index is 5.69. The third-order valence-corrected chi connectivity index (χ3v) is 6.94. The Hall–Kier alpha value is -2.76. The number of piperidine rings is 1. The first-order chi connectivity index (χ1) is 15.8. The predicted octanol–water partition coefficient (Wildman–Crippen LogP) is 4.74. The first-order valence-electron chi connectivity index (χ1n) is 11.8. The van der Waals surface area contributed by atoms with Crippen LogP contribution in [0.2, 0.25) is 0 Å². The van der Waals surface area contributed by atoms with Gasteiger partial charge in [-0.3, -0.25) is 9.80 Å². The minimum Gasteiger partial charge on any atom is -0.495 e. The molecule has 0 spiro atoms. The Kier molecular flexibility index (Phi) is 6.46. The van der Waals surface area contributed by atoms with Gasteiger partial charge in [-0.15, -0.1) is 0 Å². The quantitative estimate of drug-likeness (QED) is 0.563. The summed E-state index contributed by atoms with van der Waals surface area (Å²) in [6.45, 7) is 7.62. The van der Waals surface area contributed by atoms with Crippen molar-refractivity contribution in [3.05, 3.63) is 72.5 Å². The number of ether oxygens (including phenoxy) is 1. The molecule has 168 valence electrons. The van der Waals surface area contributed by atoms with E-state index in [-0.39, 0.29) is 0 Å². The SMILES string of the molecule is COc1ccccc1N1CCN([C@@H]2CCCN(Cc3ccccc3-c3ccco3)C2)CC1. The van der Waals surface area contributed by atoms with E-state index in [2.05, 4.69) is 63.2 Å². The fourth-order valence-electron chi connectivity index (χ4n) is 5.26. The molecule has 0 amide bonds. The van der Waals surface area contributed by atoms with Crippen LogP contribution in [0.4, 0.5) is 5.69 Å². The molecule has 2 aliphatic rings. The number of anilines is 1. The third kappa shape index (κ3) is 4.54. The number of likely N-dealkylation sites (tertiary alicyclic amines) is 1. The number of para-hydroxylation sites is 2. The first-order valence-corrected chi connectivity index (χ1v) is 11.8. The van der Waals surface area contributed by atoms with Crippen molar-refractivity contribution in [2.24, 2.45) is 0 Å². The number of piperazine rings is 1. The van der Waals surface area contributed by atoms with Crippen LogP contribution in [-0.2, 0) is 6.54 Å². The van der Waals surface area contributed by atoms with E-state index in [0.717, 1.165) is 50.8 Å². The molecule has 3 aromatic rings. The molecule has 0 unspecified atom stereocenters. The summed E-state index contributed by atoms with van der Waals surface area (Å²) in [5.41, 5.74) is 3.78. The van der Waals surface area contributed by atoms with Crippen LogP contribution in [0.3, 0.4) is 0 Å². The van der Waals surface area contributed by atoms with Crippen molar-refractivity contribution in [3.8, 4) is 17.1 Å². The lowest BCUT2D eigenvalue weighted by atomic mass is 10.00. The van der Waals surface area contributed by atoms with Crippen LogP contribution in [0.25, 0.3) is 11.3 Å². The van der Waals surface area contributed by atoms with E-state index < -0.39 is 0 Å². The summed E-state index contributed by atoms with van der Waals surface area (Å²) in [6, 6.07) is 21.7. The van der Waals surface area contributed by atoms with Crippen molar-refractivity contribution in [1.29, 1.82) is 0 Å². The Balaban J connectivity index is 1.21. The Morgan fingerprint density at radius 1 is 0.906 bits per heavy atom. The third-order valence-electron chi connectivity index (χ3n) is 6.94. The summed E-state index contributed by atoms with van der Waals surface area (Å²) >= 11 is 0. The number of hydrogen-bond donors (Lipinski definition) is 0. The highest BCUT2D eigenvalue weighted by atomic mass is 16.5. The monoisotopic (exact) mass is 431 g/mol. The van der Waals surface area contributed by atoms with Crippen LogP contribution < -0.4 is 9.64 Å². The van der Waals surface area contributed by atoms with Gasteiger partial charge in [0, 0.05) is 50.9 Å². The van der Waals surface area contributed by atoms with Crippen molar-refractivity contribution < 1.29 is 9.15 Å². The van der Waals surface area contributed by atoms with E-state index in [1.807, 2.05) is 12.1 Å². The topological polar surface area (TPSA) is 32.1 Å². The highest BCUT2D eigenvalue weighted by molar-refractivity contribution is 5.62. The Morgan fingerprint density at radius 2 is 1.72 bits per heavy atom. The smallest absolute Gasteiger partial charge is 0.142 e. The standard InChI is InChI=1S/C27H33N3O2/c1-31-27-12-5-4-11-25(27)30-17-15-29(16-18-30)23-9-6-14-28(21-23)20-22-8-2-3-10-24(22)26-13-7-19-32-26/h2-5,7-8,10-13,19,23H,6,9,14-18,20-21H2,1H3/t23-/m1/s1. The van der Waals surface area contributed by atoms with Gasteiger partial charge in [-0.05, 0) is 49.2 Å². The van der Waals surface area contributed by atoms with Gasteiger partial charge in [-0.1, -0.05) is 36.4 Å². The maximum absolute atomic E-state index is 5.69. The van der Waals surface area contributed by atoms with Crippen molar-refractivity contribution in [3.63, 3.8) is 0 Å². The molecule has 2 fully saturated rings. The van der Waals surface area contributed by atoms with Crippen LogP contribution in [-0.4, -0.2) is 62.2 Å². The van der Waals surface area contributed by atoms with Gasteiger partial charge in [-0.25, -0.2) is 0 Å². The zero-order chi connectivity index (χ0) is 21.8. The zero-order valence-electron chi connectivity index (χ0n) is 19.0. The highest BCUT2D eigenvalue weighted by Crippen LogP contribution is 2.30. The molecule has 1 aromatic heterocycles. The molecule has 0 bridgehead atoms. The van der Waals surface area contributed by atoms with E-state index in [4.69, 9.17) is 9.15 Å². The first kappa shape index (κ1) is 21.1. The molecule has 0 saturated carbocycles. The molecule has 2 aromatic carbocycles. The molecule has 1 atom stereocenters. The van der Waals surface area contributed by atoms with Crippen LogP contribution in [0.1, 0.15) is 18.4 Å². The zero-order valence-corrected chi connectivity index (χ0v) is 19.0. The summed E-state index contributed by atoms with van der Waals surface area (Å²) in [7, 11) is 1.76. The van der Waals surface area contributed by atoms with Gasteiger partial charge in [-0.2, -0.15) is 0 Å². The van der Waals surface area contributed by atoms with Crippen molar-refractivity contribution in [2.45, 2.75) is 25.4 Å². The second-order valence-electron chi connectivity index (χ2n) is 8.86. The van der Waals surface area contributed by atoms with E-state index in [0.29, 0.717) is 6.04 Å². The van der Waals surface area contributed by atoms with Gasteiger partial charge in [0.15, 0.2) is 0 Å². The normalized spacial score (nSPS) is 20.4. The van der Waals surface area contributed by atoms with Crippen LogP contribution in [0, 0.1) is 0 Å². The molecule has 0 N–H and O–H groups in total. The number of benzene rings is 2. The van der Waals surface area contributed by atoms with Gasteiger partial charge in [0.05, 0.1) is 19.1 Å². The van der Waals surface area contributed by atoms with Gasteiger partial charge < -0.3 is 14.1 Å². The van der Waals surface area contributed by atoms with Gasteiger partial charge in [0.2, 0.25) is 0 Å². The number of nitrogens with zero attached hydrogens (tertiary/aromatic N) is 3. The van der Waals surface area contributed by atoms with E-state index in [9.17, 15) is 0 Å². The summed E-state index contributed by atoms with van der Waals surface area (Å²) in [6.07, 6.45) is 4.32. The number of furan rings is 1. The Bertz CT molecular complexity index is 996. The van der Waals surface area contributed by atoms with Crippen LogP contribution >= 0.6 is 0 Å². The molecule has 5 nitrogen and oxygen atoms in total. The van der Waals surface area contributed by atoms with Crippen molar-refractivity contribution in [1.82, 2.24) is 9.80 Å². The Labute approximate surface area is 191 Å². The fourth-order valence-corrected chi connectivity index (χ4v) is 5.26. The van der Waals surface area contributed by atoms with Gasteiger partial charge in [0.1, 0.15) is 11.5 Å². The summed E-state index contributed by atoms with van der Waals surface area (Å²) in [5.74, 6) is 1.93. The van der Waals surface area contributed by atoms with E-state index in [1.54, 1.807) is 13.4 Å². The molecular weight excluding hydrogens is 398 g/mol. The van der Waals surface area contributed by atoms with Crippen LogP contribution in [0.15, 0.2) is 71.3 Å². The predicted molar refractivity (Wildman–Crippen MR) is 129 cm³/mol. The van der Waals surface area contributed by atoms with Gasteiger partial charge >= 0.3 is 0 Å². The minimum absolute atomic E-state index is 0.638. The number of hydrogen-bond acceptors (Lipinski definition) is 5. The molecular formula is C27H33N3O2. The summed E-state index contributed by atoms with van der Waals surface area (Å²) in [5, 5.41) is 0. The lowest BCUT2D eigenvalue weighted by molar-refractivity contribution is 0.0887. The lowest BCUT2D eigenvalue weighted by Gasteiger charge is -2.44. The largest absolute Gasteiger partial charge is 0.495 e. The van der Waals surface area contributed by atoms with Crippen LogP contribution in [0.5, 0.6) is 5.75 Å². The maximum Gasteiger partial charge on any atom is 0.142 e. The molecule has 5 heteroatoms. The lowest BCUT2D eigenvalue weighted by Crippen LogP contribution is -2.55. The average molecular weight is 432 g/mol. The average Bonchev–Trinajstić information content (AvgIpc) is 3.40. The van der Waals surface area contributed by atoms with E-state index in [1.165, 1.54) is 36.2 Å².